The Morgan fingerprint density at radius 1 is 1.38 bits per heavy atom. The Morgan fingerprint density at radius 3 is 2.54 bits per heavy atom. The number of ether oxygens (including phenoxy) is 2. The zero-order chi connectivity index (χ0) is 9.26. The smallest absolute Gasteiger partial charge is 0.340 e. The van der Waals surface area contributed by atoms with Gasteiger partial charge in [0.05, 0.1) is 5.56 Å². The molecular weight excluding hydrogens is 168 g/mol. The fraction of sp³-hybridized carbons (Fsp3) is 0.300. The first-order valence-corrected chi connectivity index (χ1v) is 4.19. The van der Waals surface area contributed by atoms with E-state index in [-0.39, 0.29) is 18.4 Å². The molecule has 0 radical (unpaired) electrons. The van der Waals surface area contributed by atoms with E-state index in [0.717, 1.165) is 0 Å². The highest BCUT2D eigenvalue weighted by atomic mass is 16.8. The molecule has 0 aliphatic carbocycles. The predicted molar refractivity (Wildman–Crippen MR) is 46.2 cm³/mol. The van der Waals surface area contributed by atoms with E-state index < -0.39 is 0 Å². The van der Waals surface area contributed by atoms with Crippen molar-refractivity contribution >= 4 is 5.97 Å². The van der Waals surface area contributed by atoms with Crippen molar-refractivity contribution in [1.82, 2.24) is 0 Å². The van der Waals surface area contributed by atoms with Gasteiger partial charge in [-0.2, -0.15) is 0 Å². The Balaban J connectivity index is 1.98. The number of esters is 1. The van der Waals surface area contributed by atoms with E-state index in [1.54, 1.807) is 24.3 Å². The molecule has 0 N–H and O–H groups in total. The molecule has 1 aromatic rings. The molecule has 1 aromatic carbocycles. The predicted octanol–water partition coefficient (Wildman–Crippen LogP) is 1.59. The molecule has 3 nitrogen and oxygen atoms in total. The highest BCUT2D eigenvalue weighted by Gasteiger charge is 2.38. The molecule has 3 heteroatoms. The monoisotopic (exact) mass is 178 g/mol. The molecule has 1 aliphatic rings. The first-order valence-electron chi connectivity index (χ1n) is 4.19. The normalized spacial score (nSPS) is 25.3. The summed E-state index contributed by atoms with van der Waals surface area (Å²) in [7, 11) is 0. The van der Waals surface area contributed by atoms with Crippen LogP contribution in [-0.4, -0.2) is 18.4 Å². The summed E-state index contributed by atoms with van der Waals surface area (Å²) in [6.45, 7) is 1.86. The van der Waals surface area contributed by atoms with Crippen molar-refractivity contribution in [2.24, 2.45) is 0 Å². The molecule has 1 heterocycles. The molecule has 2 atom stereocenters. The SMILES string of the molecule is CC1OC1OC(=O)c1ccccc1. The van der Waals surface area contributed by atoms with Crippen LogP contribution in [0.2, 0.25) is 0 Å². The van der Waals surface area contributed by atoms with E-state index in [1.807, 2.05) is 13.0 Å². The standard InChI is InChI=1S/C10H10O3/c1-7-10(12-7)13-9(11)8-5-3-2-4-6-8/h2-7,10H,1H3. The van der Waals surface area contributed by atoms with Gasteiger partial charge in [-0.1, -0.05) is 18.2 Å². The maximum atomic E-state index is 11.3. The van der Waals surface area contributed by atoms with Gasteiger partial charge in [0.25, 0.3) is 0 Å². The summed E-state index contributed by atoms with van der Waals surface area (Å²) in [5.41, 5.74) is 0.560. The second-order valence-electron chi connectivity index (χ2n) is 2.98. The number of epoxide rings is 1. The van der Waals surface area contributed by atoms with E-state index in [2.05, 4.69) is 0 Å². The van der Waals surface area contributed by atoms with Crippen LogP contribution in [0.3, 0.4) is 0 Å². The van der Waals surface area contributed by atoms with Crippen molar-refractivity contribution in [1.29, 1.82) is 0 Å². The number of benzene rings is 1. The molecule has 68 valence electrons. The third-order valence-corrected chi connectivity index (χ3v) is 1.89. The highest BCUT2D eigenvalue weighted by molar-refractivity contribution is 5.89. The Morgan fingerprint density at radius 2 is 2.00 bits per heavy atom. The first-order chi connectivity index (χ1) is 6.27. The fourth-order valence-corrected chi connectivity index (χ4v) is 1.04. The van der Waals surface area contributed by atoms with Gasteiger partial charge in [0.1, 0.15) is 6.10 Å². The molecule has 0 bridgehead atoms. The van der Waals surface area contributed by atoms with Gasteiger partial charge in [-0.05, 0) is 19.1 Å². The summed E-state index contributed by atoms with van der Waals surface area (Å²) in [5, 5.41) is 0. The second kappa shape index (κ2) is 3.18. The van der Waals surface area contributed by atoms with Crippen molar-refractivity contribution in [3.8, 4) is 0 Å². The van der Waals surface area contributed by atoms with Gasteiger partial charge < -0.3 is 9.47 Å². The lowest BCUT2D eigenvalue weighted by Crippen LogP contribution is -2.08. The molecule has 1 aliphatic heterocycles. The third-order valence-electron chi connectivity index (χ3n) is 1.89. The minimum atomic E-state index is -0.340. The molecular formula is C10H10O3. The average Bonchev–Trinajstić information content (AvgIpc) is 2.83. The Kier molecular flexibility index (Phi) is 2.02. The van der Waals surface area contributed by atoms with Crippen LogP contribution in [0.4, 0.5) is 0 Å². The second-order valence-corrected chi connectivity index (χ2v) is 2.98. The Hall–Kier alpha value is -1.35. The molecule has 0 amide bonds. The minimum absolute atomic E-state index is 0.0488. The summed E-state index contributed by atoms with van der Waals surface area (Å²) in [6.07, 6.45) is -0.291. The van der Waals surface area contributed by atoms with Gasteiger partial charge >= 0.3 is 5.97 Å². The maximum absolute atomic E-state index is 11.3. The zero-order valence-electron chi connectivity index (χ0n) is 7.27. The molecule has 1 fully saturated rings. The van der Waals surface area contributed by atoms with Gasteiger partial charge in [0, 0.05) is 0 Å². The molecule has 0 saturated carbocycles. The van der Waals surface area contributed by atoms with Gasteiger partial charge in [0.2, 0.25) is 6.29 Å². The molecule has 13 heavy (non-hydrogen) atoms. The Labute approximate surface area is 76.3 Å². The number of carbonyl (C=O) groups is 1. The topological polar surface area (TPSA) is 38.8 Å². The summed E-state index contributed by atoms with van der Waals surface area (Å²) in [4.78, 5) is 11.3. The summed E-state index contributed by atoms with van der Waals surface area (Å²) >= 11 is 0. The first kappa shape index (κ1) is 8.26. The van der Waals surface area contributed by atoms with Crippen LogP contribution in [0.25, 0.3) is 0 Å². The van der Waals surface area contributed by atoms with Crippen LogP contribution in [-0.2, 0) is 9.47 Å². The molecule has 0 aromatic heterocycles. The minimum Gasteiger partial charge on any atom is -0.429 e. The third kappa shape index (κ3) is 1.87. The van der Waals surface area contributed by atoms with Crippen LogP contribution in [0.15, 0.2) is 30.3 Å². The summed E-state index contributed by atoms with van der Waals surface area (Å²) in [5.74, 6) is -0.324. The lowest BCUT2D eigenvalue weighted by molar-refractivity contribution is 0.0297. The molecule has 2 rings (SSSR count). The van der Waals surface area contributed by atoms with Crippen molar-refractivity contribution in [2.75, 3.05) is 0 Å². The van der Waals surface area contributed by atoms with Crippen LogP contribution in [0.5, 0.6) is 0 Å². The van der Waals surface area contributed by atoms with Crippen molar-refractivity contribution in [3.63, 3.8) is 0 Å². The summed E-state index contributed by atoms with van der Waals surface area (Å²) in [6, 6.07) is 8.89. The zero-order valence-corrected chi connectivity index (χ0v) is 7.27. The highest BCUT2D eigenvalue weighted by Crippen LogP contribution is 2.23. The Bertz CT molecular complexity index is 307. The lowest BCUT2D eigenvalue weighted by atomic mass is 10.2. The van der Waals surface area contributed by atoms with Crippen molar-refractivity contribution in [2.45, 2.75) is 19.3 Å². The van der Waals surface area contributed by atoms with Gasteiger partial charge in [0.15, 0.2) is 0 Å². The fourth-order valence-electron chi connectivity index (χ4n) is 1.04. The van der Waals surface area contributed by atoms with E-state index in [4.69, 9.17) is 9.47 Å². The van der Waals surface area contributed by atoms with Gasteiger partial charge in [-0.3, -0.25) is 0 Å². The molecule has 0 spiro atoms. The van der Waals surface area contributed by atoms with Crippen molar-refractivity contribution < 1.29 is 14.3 Å². The molecule has 1 saturated heterocycles. The van der Waals surface area contributed by atoms with Crippen molar-refractivity contribution in [3.05, 3.63) is 35.9 Å². The number of hydrogen-bond acceptors (Lipinski definition) is 3. The maximum Gasteiger partial charge on any atom is 0.340 e. The lowest BCUT2D eigenvalue weighted by Gasteiger charge is -1.99. The van der Waals surface area contributed by atoms with E-state index in [9.17, 15) is 4.79 Å². The van der Waals surface area contributed by atoms with E-state index >= 15 is 0 Å². The van der Waals surface area contributed by atoms with E-state index in [0.29, 0.717) is 5.56 Å². The van der Waals surface area contributed by atoms with E-state index in [1.165, 1.54) is 0 Å². The largest absolute Gasteiger partial charge is 0.429 e. The average molecular weight is 178 g/mol. The quantitative estimate of drug-likeness (QED) is 0.510. The van der Waals surface area contributed by atoms with Crippen LogP contribution < -0.4 is 0 Å². The van der Waals surface area contributed by atoms with Gasteiger partial charge in [-0.15, -0.1) is 0 Å². The number of hydrogen-bond donors (Lipinski definition) is 0. The van der Waals surface area contributed by atoms with Crippen LogP contribution >= 0.6 is 0 Å². The molecule has 2 unspecified atom stereocenters. The number of carbonyl (C=O) groups excluding carboxylic acids is 1. The number of rotatable bonds is 2. The van der Waals surface area contributed by atoms with Crippen LogP contribution in [0, 0.1) is 0 Å². The van der Waals surface area contributed by atoms with Gasteiger partial charge in [-0.25, -0.2) is 4.79 Å². The summed E-state index contributed by atoms with van der Waals surface area (Å²) < 4.78 is 9.96. The van der Waals surface area contributed by atoms with Crippen LogP contribution in [0.1, 0.15) is 17.3 Å².